The van der Waals surface area contributed by atoms with E-state index in [1.165, 1.54) is 12.1 Å². The molecule has 0 unspecified atom stereocenters. The highest BCUT2D eigenvalue weighted by Gasteiger charge is 2.24. The molecule has 1 amide bonds. The topological polar surface area (TPSA) is 59.9 Å². The van der Waals surface area contributed by atoms with E-state index in [1.807, 2.05) is 0 Å². The van der Waals surface area contributed by atoms with Crippen LogP contribution >= 0.6 is 11.6 Å². The molecule has 1 N–H and O–H groups in total. The summed E-state index contributed by atoms with van der Waals surface area (Å²) in [6.07, 6.45) is 1.52. The predicted octanol–water partition coefficient (Wildman–Crippen LogP) is 3.13. The maximum Gasteiger partial charge on any atom is 0.275 e. The van der Waals surface area contributed by atoms with Crippen LogP contribution in [0.2, 0.25) is 5.02 Å². The molecule has 0 saturated heterocycles. The fraction of sp³-hybridized carbons (Fsp3) is 0.0588. The van der Waals surface area contributed by atoms with Gasteiger partial charge in [-0.05, 0) is 29.8 Å². The molecule has 0 aliphatic carbocycles. The van der Waals surface area contributed by atoms with Crippen LogP contribution in [-0.2, 0) is 4.79 Å². The van der Waals surface area contributed by atoms with Crippen molar-refractivity contribution in [3.63, 3.8) is 0 Å². The van der Waals surface area contributed by atoms with Crippen molar-refractivity contribution >= 4 is 29.4 Å². The predicted molar refractivity (Wildman–Crippen MR) is 86.6 cm³/mol. The summed E-state index contributed by atoms with van der Waals surface area (Å²) in [5.74, 6) is 0.374. The molecule has 0 atom stereocenters. The molecule has 2 aliphatic heterocycles. The van der Waals surface area contributed by atoms with Gasteiger partial charge < -0.3 is 14.8 Å². The molecule has 120 valence electrons. The zero-order valence-corrected chi connectivity index (χ0v) is 12.9. The Morgan fingerprint density at radius 1 is 1.21 bits per heavy atom. The third kappa shape index (κ3) is 2.51. The van der Waals surface area contributed by atoms with Gasteiger partial charge in [0.25, 0.3) is 5.91 Å². The summed E-state index contributed by atoms with van der Waals surface area (Å²) in [6, 6.07) is 9.38. The first-order chi connectivity index (χ1) is 11.6. The number of rotatable bonds is 2. The number of benzene rings is 2. The van der Waals surface area contributed by atoms with Crippen LogP contribution in [-0.4, -0.2) is 18.5 Å². The summed E-state index contributed by atoms with van der Waals surface area (Å²) in [6.45, 7) is 0.127. The van der Waals surface area contributed by atoms with E-state index in [0.29, 0.717) is 22.1 Å². The summed E-state index contributed by atoms with van der Waals surface area (Å²) in [5, 5.41) is 2.95. The second-order valence-corrected chi connectivity index (χ2v) is 5.56. The second-order valence-electron chi connectivity index (χ2n) is 5.15. The van der Waals surface area contributed by atoms with Crippen molar-refractivity contribution in [3.8, 4) is 11.5 Å². The highest BCUT2D eigenvalue weighted by molar-refractivity contribution is 6.32. The smallest absolute Gasteiger partial charge is 0.275 e. The number of halogens is 2. The number of hydrogen-bond donors (Lipinski definition) is 1. The van der Waals surface area contributed by atoms with Crippen LogP contribution in [0.25, 0.3) is 6.08 Å². The molecule has 4 rings (SSSR count). The molecule has 0 bridgehead atoms. The number of hydrogen-bond acceptors (Lipinski definition) is 4. The van der Waals surface area contributed by atoms with Gasteiger partial charge in [0.1, 0.15) is 17.3 Å². The van der Waals surface area contributed by atoms with Gasteiger partial charge >= 0.3 is 0 Å². The first-order valence-corrected chi connectivity index (χ1v) is 7.45. The maximum absolute atomic E-state index is 13.8. The lowest BCUT2D eigenvalue weighted by Crippen LogP contribution is -2.25. The van der Waals surface area contributed by atoms with Gasteiger partial charge in [-0.3, -0.25) is 4.79 Å². The lowest BCUT2D eigenvalue weighted by Gasteiger charge is -2.01. The number of carbonyl (C=O) groups is 1. The Balaban J connectivity index is 1.73. The van der Waals surface area contributed by atoms with Gasteiger partial charge in [0.15, 0.2) is 11.5 Å². The van der Waals surface area contributed by atoms with Crippen molar-refractivity contribution in [1.29, 1.82) is 0 Å². The SMILES string of the molecule is O=C1NC(c2ccccc2F)=N/C1=C/c1cc2c(cc1Cl)OCO2. The fourth-order valence-electron chi connectivity index (χ4n) is 2.44. The average Bonchev–Trinajstić information content (AvgIpc) is 3.15. The van der Waals surface area contributed by atoms with Gasteiger partial charge in [0, 0.05) is 6.07 Å². The number of amides is 1. The van der Waals surface area contributed by atoms with E-state index in [1.54, 1.807) is 30.3 Å². The molecular weight excluding hydrogens is 335 g/mol. The van der Waals surface area contributed by atoms with Crippen molar-refractivity contribution in [2.24, 2.45) is 4.99 Å². The van der Waals surface area contributed by atoms with Crippen molar-refractivity contribution in [2.45, 2.75) is 0 Å². The molecule has 24 heavy (non-hydrogen) atoms. The molecule has 0 spiro atoms. The Labute approximate surface area is 141 Å². The van der Waals surface area contributed by atoms with Crippen molar-refractivity contribution < 1.29 is 18.7 Å². The van der Waals surface area contributed by atoms with E-state index in [2.05, 4.69) is 10.3 Å². The van der Waals surface area contributed by atoms with Crippen molar-refractivity contribution in [3.05, 3.63) is 64.1 Å². The van der Waals surface area contributed by atoms with E-state index in [4.69, 9.17) is 21.1 Å². The zero-order valence-electron chi connectivity index (χ0n) is 12.2. The minimum Gasteiger partial charge on any atom is -0.454 e. The standard InChI is InChI=1S/C17H10ClFN2O3/c18-11-7-15-14(23-8-24-15)6-9(11)5-13-17(22)21-16(20-13)10-3-1-2-4-12(10)19/h1-7H,8H2,(H,20,21,22)/b13-5+. The number of ether oxygens (including phenoxy) is 2. The van der Waals surface area contributed by atoms with Crippen LogP contribution in [0.4, 0.5) is 4.39 Å². The summed E-state index contributed by atoms with van der Waals surface area (Å²) in [7, 11) is 0. The van der Waals surface area contributed by atoms with Crippen LogP contribution in [0.5, 0.6) is 11.5 Å². The third-order valence-electron chi connectivity index (χ3n) is 3.61. The van der Waals surface area contributed by atoms with Crippen LogP contribution < -0.4 is 14.8 Å². The molecule has 5 nitrogen and oxygen atoms in total. The Hall–Kier alpha value is -2.86. The van der Waals surface area contributed by atoms with Gasteiger partial charge in [-0.2, -0.15) is 0 Å². The number of nitrogens with one attached hydrogen (secondary N) is 1. The summed E-state index contributed by atoms with van der Waals surface area (Å²) in [4.78, 5) is 16.3. The maximum atomic E-state index is 13.8. The molecule has 0 fully saturated rings. The molecule has 0 aromatic heterocycles. The van der Waals surface area contributed by atoms with Crippen molar-refractivity contribution in [2.75, 3.05) is 6.79 Å². The summed E-state index contributed by atoms with van der Waals surface area (Å²) < 4.78 is 24.4. The number of aliphatic imine (C=N–C) groups is 1. The zero-order chi connectivity index (χ0) is 16.7. The Kier molecular flexibility index (Phi) is 3.46. The minimum atomic E-state index is -0.459. The normalized spacial score (nSPS) is 17.2. The molecule has 2 aromatic carbocycles. The molecule has 0 saturated carbocycles. The lowest BCUT2D eigenvalue weighted by atomic mass is 10.1. The average molecular weight is 345 g/mol. The van der Waals surface area contributed by atoms with Crippen LogP contribution in [0, 0.1) is 5.82 Å². The van der Waals surface area contributed by atoms with Crippen LogP contribution in [0.15, 0.2) is 47.1 Å². The van der Waals surface area contributed by atoms with Gasteiger partial charge in [-0.1, -0.05) is 23.7 Å². The number of amidine groups is 1. The van der Waals surface area contributed by atoms with E-state index in [0.717, 1.165) is 0 Å². The number of nitrogens with zero attached hydrogens (tertiary/aromatic N) is 1. The molecule has 2 aliphatic rings. The number of carbonyl (C=O) groups excluding carboxylic acids is 1. The van der Waals surface area contributed by atoms with E-state index in [-0.39, 0.29) is 23.9 Å². The summed E-state index contributed by atoms with van der Waals surface area (Å²) in [5.41, 5.74) is 0.921. The van der Waals surface area contributed by atoms with Gasteiger partial charge in [0.2, 0.25) is 6.79 Å². The lowest BCUT2D eigenvalue weighted by molar-refractivity contribution is -0.115. The monoisotopic (exact) mass is 344 g/mol. The molecule has 2 heterocycles. The Morgan fingerprint density at radius 2 is 1.96 bits per heavy atom. The largest absolute Gasteiger partial charge is 0.454 e. The van der Waals surface area contributed by atoms with E-state index in [9.17, 15) is 9.18 Å². The number of fused-ring (bicyclic) bond motifs is 1. The van der Waals surface area contributed by atoms with Crippen LogP contribution in [0.3, 0.4) is 0 Å². The molecule has 0 radical (unpaired) electrons. The first kappa shape index (κ1) is 14.7. The Morgan fingerprint density at radius 3 is 2.75 bits per heavy atom. The second kappa shape index (κ2) is 5.65. The molecule has 7 heteroatoms. The first-order valence-electron chi connectivity index (χ1n) is 7.07. The van der Waals surface area contributed by atoms with Crippen molar-refractivity contribution in [1.82, 2.24) is 5.32 Å². The van der Waals surface area contributed by atoms with E-state index >= 15 is 0 Å². The highest BCUT2D eigenvalue weighted by Crippen LogP contribution is 2.37. The highest BCUT2D eigenvalue weighted by atomic mass is 35.5. The van der Waals surface area contributed by atoms with Gasteiger partial charge in [0.05, 0.1) is 10.6 Å². The summed E-state index contributed by atoms with van der Waals surface area (Å²) >= 11 is 6.19. The van der Waals surface area contributed by atoms with Crippen LogP contribution in [0.1, 0.15) is 11.1 Å². The molecular formula is C17H10ClFN2O3. The van der Waals surface area contributed by atoms with Gasteiger partial charge in [-0.25, -0.2) is 9.38 Å². The Bertz CT molecular complexity index is 924. The molecule has 2 aromatic rings. The van der Waals surface area contributed by atoms with E-state index < -0.39 is 11.7 Å². The fourth-order valence-corrected chi connectivity index (χ4v) is 2.65. The minimum absolute atomic E-state index is 0.127. The third-order valence-corrected chi connectivity index (χ3v) is 3.94. The van der Waals surface area contributed by atoms with Gasteiger partial charge in [-0.15, -0.1) is 0 Å². The quantitative estimate of drug-likeness (QED) is 0.851.